The Morgan fingerprint density at radius 1 is 0.972 bits per heavy atom. The van der Waals surface area contributed by atoms with Crippen LogP contribution in [0.3, 0.4) is 0 Å². The average molecular weight is 482 g/mol. The first kappa shape index (κ1) is 24.3. The van der Waals surface area contributed by atoms with E-state index >= 15 is 0 Å². The van der Waals surface area contributed by atoms with E-state index in [1.165, 1.54) is 12.8 Å². The zero-order chi connectivity index (χ0) is 24.9. The number of hydrogen-bond donors (Lipinski definition) is 1. The van der Waals surface area contributed by atoms with Crippen LogP contribution >= 0.6 is 0 Å². The van der Waals surface area contributed by atoms with Crippen LogP contribution in [0.1, 0.15) is 35.2 Å². The second kappa shape index (κ2) is 11.1. The van der Waals surface area contributed by atoms with Crippen molar-refractivity contribution in [3.8, 4) is 17.3 Å². The van der Waals surface area contributed by atoms with E-state index in [1.807, 2.05) is 78.3 Å². The van der Waals surface area contributed by atoms with E-state index in [2.05, 4.69) is 30.0 Å². The van der Waals surface area contributed by atoms with Crippen LogP contribution in [0.5, 0.6) is 11.6 Å². The molecular weight excluding hydrogens is 446 g/mol. The minimum absolute atomic E-state index is 0.434. The predicted octanol–water partition coefficient (Wildman–Crippen LogP) is 6.10. The normalized spacial score (nSPS) is 14.2. The first-order chi connectivity index (χ1) is 17.5. The maximum absolute atomic E-state index is 11.0. The van der Waals surface area contributed by atoms with Crippen LogP contribution in [-0.2, 0) is 13.0 Å². The molecule has 0 spiro atoms. The molecule has 1 aliphatic carbocycles. The number of aromatic nitrogens is 2. The van der Waals surface area contributed by atoms with Crippen molar-refractivity contribution in [2.24, 2.45) is 5.92 Å². The molecule has 0 saturated heterocycles. The number of hydrogen-bond acceptors (Lipinski definition) is 4. The van der Waals surface area contributed by atoms with E-state index in [9.17, 15) is 5.11 Å². The van der Waals surface area contributed by atoms with Crippen LogP contribution in [0.25, 0.3) is 5.69 Å². The van der Waals surface area contributed by atoms with Gasteiger partial charge in [0.15, 0.2) is 0 Å². The Balaban J connectivity index is 1.43. The highest BCUT2D eigenvalue weighted by molar-refractivity contribution is 5.43. The van der Waals surface area contributed by atoms with Gasteiger partial charge in [0.2, 0.25) is 5.88 Å². The van der Waals surface area contributed by atoms with Gasteiger partial charge < -0.3 is 9.84 Å². The van der Waals surface area contributed by atoms with Crippen molar-refractivity contribution in [1.29, 1.82) is 0 Å². The van der Waals surface area contributed by atoms with Crippen molar-refractivity contribution < 1.29 is 9.84 Å². The van der Waals surface area contributed by atoms with E-state index in [0.717, 1.165) is 46.2 Å². The number of aliphatic hydroxyl groups is 1. The fraction of sp³-hybridized carbons (Fsp3) is 0.323. The summed E-state index contributed by atoms with van der Waals surface area (Å²) in [5, 5.41) is 15.9. The number of aryl methyl sites for hydroxylation is 2. The van der Waals surface area contributed by atoms with Crippen molar-refractivity contribution >= 4 is 0 Å². The number of para-hydroxylation sites is 1. The minimum Gasteiger partial charge on any atom is -0.439 e. The molecule has 1 saturated carbocycles. The first-order valence-corrected chi connectivity index (χ1v) is 12.9. The molecule has 1 fully saturated rings. The van der Waals surface area contributed by atoms with E-state index in [0.29, 0.717) is 25.4 Å². The number of ether oxygens (including phenoxy) is 1. The Morgan fingerprint density at radius 2 is 1.69 bits per heavy atom. The van der Waals surface area contributed by atoms with Crippen LogP contribution in [-0.4, -0.2) is 39.0 Å². The predicted molar refractivity (Wildman–Crippen MR) is 144 cm³/mol. The van der Waals surface area contributed by atoms with Crippen molar-refractivity contribution in [2.45, 2.75) is 45.8 Å². The van der Waals surface area contributed by atoms with Crippen LogP contribution in [0.15, 0.2) is 84.9 Å². The molecule has 1 aliphatic rings. The lowest BCUT2D eigenvalue weighted by molar-refractivity contribution is 0.105. The number of rotatable bonds is 11. The van der Waals surface area contributed by atoms with Crippen LogP contribution in [0.2, 0.25) is 0 Å². The van der Waals surface area contributed by atoms with E-state index in [-0.39, 0.29) is 0 Å². The zero-order valence-electron chi connectivity index (χ0n) is 21.2. The molecule has 5 heteroatoms. The van der Waals surface area contributed by atoms with Crippen molar-refractivity contribution in [2.75, 3.05) is 13.1 Å². The molecule has 5 nitrogen and oxygen atoms in total. The van der Waals surface area contributed by atoms with Gasteiger partial charge in [-0.25, -0.2) is 4.68 Å². The maximum Gasteiger partial charge on any atom is 0.227 e. The maximum atomic E-state index is 11.0. The average Bonchev–Trinajstić information content (AvgIpc) is 3.64. The summed E-state index contributed by atoms with van der Waals surface area (Å²) in [6.07, 6.45) is 2.74. The monoisotopic (exact) mass is 481 g/mol. The van der Waals surface area contributed by atoms with Gasteiger partial charge in [-0.1, -0.05) is 60.7 Å². The van der Waals surface area contributed by atoms with Gasteiger partial charge in [-0.05, 0) is 74.4 Å². The van der Waals surface area contributed by atoms with Gasteiger partial charge in [0.05, 0.1) is 23.0 Å². The Bertz CT molecular complexity index is 1270. The summed E-state index contributed by atoms with van der Waals surface area (Å²) in [6, 6.07) is 28.5. The minimum atomic E-state index is -0.434. The highest BCUT2D eigenvalue weighted by atomic mass is 16.5. The molecule has 5 rings (SSSR count). The van der Waals surface area contributed by atoms with Gasteiger partial charge in [0.1, 0.15) is 5.75 Å². The SMILES string of the molecule is Cc1cccc(Oc2c(CN(CC3CC3)C[C@@H](O)Cc3ccccc3)c(C)nn2-c2ccccc2)c1. The molecule has 1 atom stereocenters. The van der Waals surface area contributed by atoms with Crippen molar-refractivity contribution in [3.05, 3.63) is 107 Å². The Labute approximate surface area is 214 Å². The quantitative estimate of drug-likeness (QED) is 0.281. The molecule has 0 amide bonds. The molecule has 0 bridgehead atoms. The number of aliphatic hydroxyl groups excluding tert-OH is 1. The van der Waals surface area contributed by atoms with Crippen molar-refractivity contribution in [1.82, 2.24) is 14.7 Å². The molecule has 4 aromatic rings. The molecule has 0 unspecified atom stereocenters. The molecule has 1 aromatic heterocycles. The smallest absolute Gasteiger partial charge is 0.227 e. The summed E-state index contributed by atoms with van der Waals surface area (Å²) >= 11 is 0. The van der Waals surface area contributed by atoms with Gasteiger partial charge in [0, 0.05) is 19.6 Å². The van der Waals surface area contributed by atoms with Gasteiger partial charge in [-0.3, -0.25) is 4.90 Å². The fourth-order valence-electron chi connectivity index (χ4n) is 4.70. The lowest BCUT2D eigenvalue weighted by Crippen LogP contribution is -2.35. The molecule has 1 N–H and O–H groups in total. The van der Waals surface area contributed by atoms with Gasteiger partial charge in [-0.2, -0.15) is 5.10 Å². The Kier molecular flexibility index (Phi) is 7.49. The molecule has 0 aliphatic heterocycles. The third-order valence-electron chi connectivity index (χ3n) is 6.72. The van der Waals surface area contributed by atoms with Gasteiger partial charge in [0.25, 0.3) is 0 Å². The summed E-state index contributed by atoms with van der Waals surface area (Å²) in [5.41, 5.74) is 5.28. The fourth-order valence-corrected chi connectivity index (χ4v) is 4.70. The first-order valence-electron chi connectivity index (χ1n) is 12.9. The molecule has 0 radical (unpaired) electrons. The van der Waals surface area contributed by atoms with Crippen molar-refractivity contribution in [3.63, 3.8) is 0 Å². The van der Waals surface area contributed by atoms with Gasteiger partial charge >= 0.3 is 0 Å². The van der Waals surface area contributed by atoms with E-state index in [4.69, 9.17) is 9.84 Å². The highest BCUT2D eigenvalue weighted by Crippen LogP contribution is 2.34. The molecule has 186 valence electrons. The third-order valence-corrected chi connectivity index (χ3v) is 6.72. The number of nitrogens with zero attached hydrogens (tertiary/aromatic N) is 3. The molecule has 36 heavy (non-hydrogen) atoms. The number of benzene rings is 3. The second-order valence-corrected chi connectivity index (χ2v) is 10.0. The summed E-state index contributed by atoms with van der Waals surface area (Å²) in [4.78, 5) is 2.38. The van der Waals surface area contributed by atoms with Gasteiger partial charge in [-0.15, -0.1) is 0 Å². The largest absolute Gasteiger partial charge is 0.439 e. The third kappa shape index (κ3) is 6.23. The lowest BCUT2D eigenvalue weighted by atomic mass is 10.1. The highest BCUT2D eigenvalue weighted by Gasteiger charge is 2.28. The molecule has 1 heterocycles. The summed E-state index contributed by atoms with van der Waals surface area (Å²) in [5.74, 6) is 2.24. The van der Waals surface area contributed by atoms with Crippen LogP contribution in [0.4, 0.5) is 0 Å². The second-order valence-electron chi connectivity index (χ2n) is 10.0. The standard InChI is InChI=1S/C31H35N3O2/c1-23-10-9-15-29(18-23)36-31-30(24(2)32-34(31)27-13-7-4-8-14-27)22-33(20-26-16-17-26)21-28(35)19-25-11-5-3-6-12-25/h3-15,18,26,28,35H,16-17,19-22H2,1-2H3/t28-/m0/s1. The van der Waals surface area contributed by atoms with E-state index in [1.54, 1.807) is 0 Å². The van der Waals surface area contributed by atoms with Crippen LogP contribution < -0.4 is 4.74 Å². The lowest BCUT2D eigenvalue weighted by Gasteiger charge is -2.25. The molecule has 3 aromatic carbocycles. The Morgan fingerprint density at radius 3 is 2.39 bits per heavy atom. The molecular formula is C31H35N3O2. The zero-order valence-corrected chi connectivity index (χ0v) is 21.2. The topological polar surface area (TPSA) is 50.5 Å². The summed E-state index contributed by atoms with van der Waals surface area (Å²) in [7, 11) is 0. The Hall–Kier alpha value is -3.41. The summed E-state index contributed by atoms with van der Waals surface area (Å²) in [6.45, 7) is 6.39. The van der Waals surface area contributed by atoms with Crippen LogP contribution in [0, 0.1) is 19.8 Å². The van der Waals surface area contributed by atoms with E-state index < -0.39 is 6.10 Å². The summed E-state index contributed by atoms with van der Waals surface area (Å²) < 4.78 is 8.44.